The highest BCUT2D eigenvalue weighted by Gasteiger charge is 2.34. The van der Waals surface area contributed by atoms with E-state index in [4.69, 9.17) is 5.26 Å². The molecule has 0 saturated carbocycles. The number of aromatic nitrogens is 4. The molecule has 8 nitrogen and oxygen atoms in total. The quantitative estimate of drug-likeness (QED) is 0.340. The van der Waals surface area contributed by atoms with E-state index >= 15 is 0 Å². The number of amides is 1. The Morgan fingerprint density at radius 1 is 0.951 bits per heavy atom. The van der Waals surface area contributed by atoms with Gasteiger partial charge in [0.2, 0.25) is 0 Å². The number of halogens is 2. The first-order valence-electron chi connectivity index (χ1n) is 13.8. The van der Waals surface area contributed by atoms with E-state index in [2.05, 4.69) is 32.1 Å². The Labute approximate surface area is 236 Å². The van der Waals surface area contributed by atoms with Gasteiger partial charge in [-0.2, -0.15) is 10.4 Å². The van der Waals surface area contributed by atoms with E-state index in [0.29, 0.717) is 49.4 Å². The molecule has 0 N–H and O–H groups in total. The molecule has 6 rings (SSSR count). The van der Waals surface area contributed by atoms with E-state index in [-0.39, 0.29) is 29.5 Å². The molecule has 4 heterocycles. The van der Waals surface area contributed by atoms with Crippen molar-refractivity contribution < 1.29 is 13.6 Å². The van der Waals surface area contributed by atoms with Crippen LogP contribution in [0, 0.1) is 23.0 Å². The van der Waals surface area contributed by atoms with Crippen LogP contribution in [0.1, 0.15) is 63.8 Å². The third-order valence-corrected chi connectivity index (χ3v) is 8.13. The van der Waals surface area contributed by atoms with Crippen molar-refractivity contribution in [2.24, 2.45) is 0 Å². The van der Waals surface area contributed by atoms with E-state index in [1.807, 2.05) is 29.2 Å². The molecular formula is C31H29F2N7O. The van der Waals surface area contributed by atoms with Crippen LogP contribution in [0.2, 0.25) is 0 Å². The van der Waals surface area contributed by atoms with Crippen molar-refractivity contribution in [1.29, 1.82) is 5.26 Å². The second-order valence-electron chi connectivity index (χ2n) is 10.7. The maximum absolute atomic E-state index is 14.5. The van der Waals surface area contributed by atoms with Gasteiger partial charge in [-0.3, -0.25) is 9.69 Å². The highest BCUT2D eigenvalue weighted by molar-refractivity contribution is 5.95. The van der Waals surface area contributed by atoms with Gasteiger partial charge in [-0.15, -0.1) is 0 Å². The third-order valence-electron chi connectivity index (χ3n) is 8.13. The Bertz CT molecular complexity index is 1570. The fourth-order valence-corrected chi connectivity index (χ4v) is 5.95. The minimum absolute atomic E-state index is 0.0142. The highest BCUT2D eigenvalue weighted by atomic mass is 19.1. The van der Waals surface area contributed by atoms with Crippen LogP contribution in [0.3, 0.4) is 0 Å². The van der Waals surface area contributed by atoms with Gasteiger partial charge in [0, 0.05) is 37.0 Å². The van der Waals surface area contributed by atoms with Gasteiger partial charge >= 0.3 is 0 Å². The molecule has 1 amide bonds. The lowest BCUT2D eigenvalue weighted by Gasteiger charge is -2.32. The molecule has 0 unspecified atom stereocenters. The monoisotopic (exact) mass is 553 g/mol. The summed E-state index contributed by atoms with van der Waals surface area (Å²) in [6.45, 7) is 3.10. The largest absolute Gasteiger partial charge is 0.338 e. The molecule has 208 valence electrons. The molecule has 0 radical (unpaired) electrons. The zero-order valence-corrected chi connectivity index (χ0v) is 22.5. The first kappa shape index (κ1) is 26.7. The predicted octanol–water partition coefficient (Wildman–Crippen LogP) is 4.82. The van der Waals surface area contributed by atoms with Gasteiger partial charge in [0.1, 0.15) is 5.82 Å². The molecule has 2 aliphatic rings. The molecule has 41 heavy (non-hydrogen) atoms. The van der Waals surface area contributed by atoms with Crippen LogP contribution in [0.25, 0.3) is 5.95 Å². The zero-order valence-electron chi connectivity index (χ0n) is 22.5. The van der Waals surface area contributed by atoms with E-state index in [1.54, 1.807) is 23.0 Å². The molecule has 1 atom stereocenters. The van der Waals surface area contributed by atoms with Gasteiger partial charge in [-0.05, 0) is 50.0 Å². The van der Waals surface area contributed by atoms with Gasteiger partial charge in [-0.25, -0.2) is 23.4 Å². The number of nitrogens with zero attached hydrogens (tertiary/aromatic N) is 7. The van der Waals surface area contributed by atoms with E-state index in [9.17, 15) is 13.6 Å². The molecule has 10 heteroatoms. The van der Waals surface area contributed by atoms with Crippen molar-refractivity contribution in [3.05, 3.63) is 107 Å². The minimum Gasteiger partial charge on any atom is -0.338 e. The van der Waals surface area contributed by atoms with Crippen LogP contribution in [0.4, 0.5) is 8.78 Å². The summed E-state index contributed by atoms with van der Waals surface area (Å²) in [5.74, 6) is -0.527. The molecule has 2 aromatic carbocycles. The Morgan fingerprint density at radius 2 is 1.68 bits per heavy atom. The second kappa shape index (κ2) is 11.6. The lowest BCUT2D eigenvalue weighted by Crippen LogP contribution is -2.35. The van der Waals surface area contributed by atoms with Crippen molar-refractivity contribution in [2.45, 2.75) is 37.6 Å². The Hall–Kier alpha value is -4.49. The van der Waals surface area contributed by atoms with E-state index in [1.165, 1.54) is 11.6 Å². The first-order valence-corrected chi connectivity index (χ1v) is 13.8. The van der Waals surface area contributed by atoms with Crippen molar-refractivity contribution in [2.75, 3.05) is 26.2 Å². The third kappa shape index (κ3) is 5.58. The van der Waals surface area contributed by atoms with Gasteiger partial charge in [0.15, 0.2) is 5.82 Å². The number of benzene rings is 2. The number of piperidine rings is 1. The Morgan fingerprint density at radius 3 is 2.39 bits per heavy atom. The van der Waals surface area contributed by atoms with Crippen LogP contribution < -0.4 is 0 Å². The molecular weight excluding hydrogens is 524 g/mol. The maximum Gasteiger partial charge on any atom is 0.257 e. The summed E-state index contributed by atoms with van der Waals surface area (Å²) in [6, 6.07) is 16.8. The molecule has 2 saturated heterocycles. The van der Waals surface area contributed by atoms with Crippen LogP contribution >= 0.6 is 0 Å². The fourth-order valence-electron chi connectivity index (χ4n) is 5.95. The Kier molecular flexibility index (Phi) is 7.53. The number of nitriles is 1. The fraction of sp³-hybridized carbons (Fsp3) is 0.323. The predicted molar refractivity (Wildman–Crippen MR) is 147 cm³/mol. The molecule has 2 fully saturated rings. The average molecular weight is 554 g/mol. The lowest BCUT2D eigenvalue weighted by atomic mass is 9.90. The van der Waals surface area contributed by atoms with Crippen molar-refractivity contribution >= 4 is 5.91 Å². The summed E-state index contributed by atoms with van der Waals surface area (Å²) in [4.78, 5) is 26.2. The minimum atomic E-state index is -0.550. The molecule has 0 aliphatic carbocycles. The zero-order chi connectivity index (χ0) is 28.3. The van der Waals surface area contributed by atoms with Gasteiger partial charge in [-0.1, -0.05) is 36.4 Å². The Balaban J connectivity index is 1.23. The van der Waals surface area contributed by atoms with Gasteiger partial charge in [0.05, 0.1) is 41.5 Å². The topological polar surface area (TPSA) is 90.9 Å². The molecule has 2 aliphatic heterocycles. The van der Waals surface area contributed by atoms with Gasteiger partial charge in [0.25, 0.3) is 11.9 Å². The average Bonchev–Trinajstić information content (AvgIpc) is 3.68. The van der Waals surface area contributed by atoms with Crippen LogP contribution in [-0.4, -0.2) is 61.6 Å². The van der Waals surface area contributed by atoms with E-state index in [0.717, 1.165) is 37.4 Å². The van der Waals surface area contributed by atoms with Crippen LogP contribution in [0.5, 0.6) is 0 Å². The van der Waals surface area contributed by atoms with Crippen molar-refractivity contribution in [3.63, 3.8) is 0 Å². The number of hydrogen-bond acceptors (Lipinski definition) is 6. The molecule has 4 aromatic rings. The summed E-state index contributed by atoms with van der Waals surface area (Å²) >= 11 is 0. The number of likely N-dealkylation sites (tertiary alicyclic amines) is 2. The summed E-state index contributed by atoms with van der Waals surface area (Å²) in [5, 5.41) is 13.5. The smallest absolute Gasteiger partial charge is 0.257 e. The highest BCUT2D eigenvalue weighted by Crippen LogP contribution is 2.34. The van der Waals surface area contributed by atoms with Crippen LogP contribution in [-0.2, 0) is 6.54 Å². The summed E-state index contributed by atoms with van der Waals surface area (Å²) in [5.41, 5.74) is 3.32. The maximum atomic E-state index is 14.5. The lowest BCUT2D eigenvalue weighted by molar-refractivity contribution is 0.0788. The van der Waals surface area contributed by atoms with Crippen LogP contribution in [0.15, 0.2) is 67.1 Å². The standard InChI is InChI=1S/C31H29F2N7O/c32-26-16-35-31(36-17-26)40-29(23-8-11-38(12-9-23)19-25-7-6-21(15-34)14-28(25)33)27(18-37-40)30(41)39-13-10-24(20-39)22-4-2-1-3-5-22/h1-7,14,16-18,23-24H,8-13,19-20H2/t24-/m0/s1. The molecule has 0 spiro atoms. The molecule has 2 aromatic heterocycles. The normalized spacial score (nSPS) is 18.0. The number of hydrogen-bond donors (Lipinski definition) is 0. The van der Waals surface area contributed by atoms with Crippen molar-refractivity contribution in [1.82, 2.24) is 29.5 Å². The second-order valence-corrected chi connectivity index (χ2v) is 10.7. The first-order chi connectivity index (χ1) is 20.0. The molecule has 0 bridgehead atoms. The number of rotatable bonds is 6. The van der Waals surface area contributed by atoms with Gasteiger partial charge < -0.3 is 4.90 Å². The number of carbonyl (C=O) groups excluding carboxylic acids is 1. The summed E-state index contributed by atoms with van der Waals surface area (Å²) in [6.07, 6.45) is 6.10. The van der Waals surface area contributed by atoms with Crippen molar-refractivity contribution in [3.8, 4) is 12.0 Å². The van der Waals surface area contributed by atoms with E-state index < -0.39 is 5.82 Å². The summed E-state index contributed by atoms with van der Waals surface area (Å²) < 4.78 is 29.7. The summed E-state index contributed by atoms with van der Waals surface area (Å²) in [7, 11) is 0. The number of carbonyl (C=O) groups is 1. The SMILES string of the molecule is N#Cc1ccc(CN2CCC(c3c(C(=O)N4CC[C@H](c5ccccc5)C4)cnn3-c3ncc(F)cn3)CC2)c(F)c1.